The van der Waals surface area contributed by atoms with Crippen LogP contribution in [0.15, 0.2) is 54.6 Å². The highest BCUT2D eigenvalue weighted by atomic mass is 16.5. The maximum Gasteiger partial charge on any atom is 0.331 e. The first-order valence-electron chi connectivity index (χ1n) is 7.54. The van der Waals surface area contributed by atoms with E-state index in [9.17, 15) is 14.7 Å². The van der Waals surface area contributed by atoms with Crippen molar-refractivity contribution < 1.29 is 24.2 Å². The van der Waals surface area contributed by atoms with Crippen LogP contribution in [0.25, 0.3) is 6.08 Å². The number of hydrogen-bond donors (Lipinski definition) is 1. The number of aromatic hydroxyl groups is 1. The third-order valence-corrected chi connectivity index (χ3v) is 3.47. The first kappa shape index (κ1) is 18.1. The van der Waals surface area contributed by atoms with Crippen molar-refractivity contribution in [2.75, 3.05) is 25.7 Å². The maximum absolute atomic E-state index is 12.0. The first-order chi connectivity index (χ1) is 12.0. The molecule has 0 aliphatic rings. The summed E-state index contributed by atoms with van der Waals surface area (Å²) >= 11 is 0. The Morgan fingerprint density at radius 2 is 1.88 bits per heavy atom. The quantitative estimate of drug-likeness (QED) is 0.646. The molecule has 0 radical (unpaired) electrons. The number of rotatable bonds is 6. The summed E-state index contributed by atoms with van der Waals surface area (Å²) in [5.41, 5.74) is 1.37. The van der Waals surface area contributed by atoms with Crippen LogP contribution in [0.5, 0.6) is 11.5 Å². The fourth-order valence-electron chi connectivity index (χ4n) is 2.04. The fraction of sp³-hybridized carbons (Fsp3) is 0.158. The highest BCUT2D eigenvalue weighted by Gasteiger charge is 2.12. The van der Waals surface area contributed by atoms with Crippen LogP contribution in [0.3, 0.4) is 0 Å². The van der Waals surface area contributed by atoms with E-state index < -0.39 is 5.97 Å². The van der Waals surface area contributed by atoms with Crippen molar-refractivity contribution in [2.24, 2.45) is 0 Å². The molecule has 0 heterocycles. The number of carbonyl (C=O) groups is 2. The SMILES string of the molecule is COc1cc(/C=C/C(=O)OCC(=O)N(C)c2ccccc2)ccc1O. The van der Waals surface area contributed by atoms with E-state index in [1.54, 1.807) is 31.3 Å². The van der Waals surface area contributed by atoms with Crippen molar-refractivity contribution in [3.63, 3.8) is 0 Å². The van der Waals surface area contributed by atoms with Gasteiger partial charge in [-0.2, -0.15) is 0 Å². The first-order valence-corrected chi connectivity index (χ1v) is 7.54. The molecule has 2 aromatic rings. The number of ether oxygens (including phenoxy) is 2. The fourth-order valence-corrected chi connectivity index (χ4v) is 2.04. The van der Waals surface area contributed by atoms with Gasteiger partial charge in [-0.05, 0) is 35.9 Å². The minimum atomic E-state index is -0.637. The number of benzene rings is 2. The molecule has 0 saturated carbocycles. The van der Waals surface area contributed by atoms with Gasteiger partial charge in [-0.15, -0.1) is 0 Å². The summed E-state index contributed by atoms with van der Waals surface area (Å²) in [5, 5.41) is 9.52. The maximum atomic E-state index is 12.0. The molecule has 130 valence electrons. The average Bonchev–Trinajstić information content (AvgIpc) is 2.65. The van der Waals surface area contributed by atoms with Crippen LogP contribution < -0.4 is 9.64 Å². The summed E-state index contributed by atoms with van der Waals surface area (Å²) in [6, 6.07) is 13.7. The van der Waals surface area contributed by atoms with Gasteiger partial charge in [0.25, 0.3) is 5.91 Å². The highest BCUT2D eigenvalue weighted by molar-refractivity contribution is 5.96. The topological polar surface area (TPSA) is 76.1 Å². The lowest BCUT2D eigenvalue weighted by atomic mass is 10.2. The number of carbonyl (C=O) groups excluding carboxylic acids is 2. The molecular formula is C19H19NO5. The van der Waals surface area contributed by atoms with Gasteiger partial charge in [0.05, 0.1) is 7.11 Å². The molecule has 25 heavy (non-hydrogen) atoms. The second-order valence-corrected chi connectivity index (χ2v) is 5.16. The minimum absolute atomic E-state index is 0.0109. The average molecular weight is 341 g/mol. The highest BCUT2D eigenvalue weighted by Crippen LogP contribution is 2.26. The Morgan fingerprint density at radius 1 is 1.16 bits per heavy atom. The molecule has 2 aromatic carbocycles. The Bertz CT molecular complexity index is 771. The summed E-state index contributed by atoms with van der Waals surface area (Å²) in [7, 11) is 3.05. The standard InChI is InChI=1S/C19H19NO5/c1-20(15-6-4-3-5-7-15)18(22)13-25-19(23)11-9-14-8-10-16(21)17(12-14)24-2/h3-12,21H,13H2,1-2H3/b11-9+. The summed E-state index contributed by atoms with van der Waals surface area (Å²) < 4.78 is 9.94. The van der Waals surface area contributed by atoms with Crippen LogP contribution in [0.4, 0.5) is 5.69 Å². The molecule has 6 nitrogen and oxygen atoms in total. The molecule has 1 N–H and O–H groups in total. The number of anilines is 1. The van der Waals surface area contributed by atoms with Crippen molar-refractivity contribution in [1.82, 2.24) is 0 Å². The zero-order valence-corrected chi connectivity index (χ0v) is 14.0. The second-order valence-electron chi connectivity index (χ2n) is 5.16. The van der Waals surface area contributed by atoms with Crippen LogP contribution >= 0.6 is 0 Å². The van der Waals surface area contributed by atoms with Gasteiger partial charge in [0.1, 0.15) is 0 Å². The molecule has 0 spiro atoms. The summed E-state index contributed by atoms with van der Waals surface area (Å²) in [6.07, 6.45) is 2.72. The van der Waals surface area contributed by atoms with Gasteiger partial charge >= 0.3 is 5.97 Å². The number of phenols is 1. The number of para-hydroxylation sites is 1. The smallest absolute Gasteiger partial charge is 0.331 e. The van der Waals surface area contributed by atoms with E-state index in [0.717, 1.165) is 5.69 Å². The van der Waals surface area contributed by atoms with Gasteiger partial charge in [-0.1, -0.05) is 24.3 Å². The lowest BCUT2D eigenvalue weighted by Crippen LogP contribution is -2.30. The van der Waals surface area contributed by atoms with E-state index in [4.69, 9.17) is 9.47 Å². The number of phenolic OH excluding ortho intramolecular Hbond substituents is 1. The second kappa shape index (κ2) is 8.54. The zero-order valence-electron chi connectivity index (χ0n) is 14.0. The van der Waals surface area contributed by atoms with Gasteiger partial charge in [0.15, 0.2) is 18.1 Å². The van der Waals surface area contributed by atoms with Crippen molar-refractivity contribution in [2.45, 2.75) is 0 Å². The Balaban J connectivity index is 1.89. The Morgan fingerprint density at radius 3 is 2.56 bits per heavy atom. The van der Waals surface area contributed by atoms with Crippen molar-refractivity contribution in [1.29, 1.82) is 0 Å². The third kappa shape index (κ3) is 5.10. The number of nitrogens with zero attached hydrogens (tertiary/aromatic N) is 1. The molecule has 2 rings (SSSR count). The number of amides is 1. The lowest BCUT2D eigenvalue weighted by Gasteiger charge is -2.16. The number of methoxy groups -OCH3 is 1. The van der Waals surface area contributed by atoms with E-state index in [-0.39, 0.29) is 18.3 Å². The van der Waals surface area contributed by atoms with Crippen molar-refractivity contribution >= 4 is 23.6 Å². The molecular weight excluding hydrogens is 322 g/mol. The monoisotopic (exact) mass is 341 g/mol. The molecule has 1 amide bonds. The van der Waals surface area contributed by atoms with E-state index in [1.165, 1.54) is 30.2 Å². The van der Waals surface area contributed by atoms with E-state index in [2.05, 4.69) is 0 Å². The molecule has 6 heteroatoms. The lowest BCUT2D eigenvalue weighted by molar-refractivity contribution is -0.142. The number of hydrogen-bond acceptors (Lipinski definition) is 5. The molecule has 0 atom stereocenters. The van der Waals surface area contributed by atoms with Gasteiger partial charge < -0.3 is 19.5 Å². The molecule has 0 aliphatic heterocycles. The zero-order chi connectivity index (χ0) is 18.2. The third-order valence-electron chi connectivity index (χ3n) is 3.47. The van der Waals surface area contributed by atoms with Crippen LogP contribution in [-0.4, -0.2) is 37.7 Å². The van der Waals surface area contributed by atoms with Crippen LogP contribution in [0.1, 0.15) is 5.56 Å². The molecule has 0 bridgehead atoms. The predicted octanol–water partition coefficient (Wildman–Crippen LogP) is 2.62. The van der Waals surface area contributed by atoms with Crippen LogP contribution in [-0.2, 0) is 14.3 Å². The number of esters is 1. The van der Waals surface area contributed by atoms with E-state index in [0.29, 0.717) is 11.3 Å². The normalized spacial score (nSPS) is 10.5. The molecule has 0 aromatic heterocycles. The minimum Gasteiger partial charge on any atom is -0.504 e. The van der Waals surface area contributed by atoms with Gasteiger partial charge in [0, 0.05) is 18.8 Å². The molecule has 0 unspecified atom stereocenters. The van der Waals surface area contributed by atoms with Gasteiger partial charge in [-0.25, -0.2) is 4.79 Å². The van der Waals surface area contributed by atoms with Crippen LogP contribution in [0, 0.1) is 0 Å². The summed E-state index contributed by atoms with van der Waals surface area (Å²) in [6.45, 7) is -0.354. The van der Waals surface area contributed by atoms with Crippen molar-refractivity contribution in [3.05, 3.63) is 60.2 Å². The molecule has 0 fully saturated rings. The summed E-state index contributed by atoms with van der Waals surface area (Å²) in [4.78, 5) is 25.2. The van der Waals surface area contributed by atoms with Gasteiger partial charge in [0.2, 0.25) is 0 Å². The van der Waals surface area contributed by atoms with E-state index in [1.807, 2.05) is 18.2 Å². The largest absolute Gasteiger partial charge is 0.504 e. The van der Waals surface area contributed by atoms with Crippen LogP contribution in [0.2, 0.25) is 0 Å². The summed E-state index contributed by atoms with van der Waals surface area (Å²) in [5.74, 6) is -0.659. The van der Waals surface area contributed by atoms with Gasteiger partial charge in [-0.3, -0.25) is 4.79 Å². The van der Waals surface area contributed by atoms with Crippen molar-refractivity contribution in [3.8, 4) is 11.5 Å². The number of likely N-dealkylation sites (N-methyl/N-ethyl adjacent to an activating group) is 1. The molecule has 0 saturated heterocycles. The Hall–Kier alpha value is -3.28. The Labute approximate surface area is 145 Å². The van der Waals surface area contributed by atoms with E-state index >= 15 is 0 Å². The Kier molecular flexibility index (Phi) is 6.17. The molecule has 0 aliphatic carbocycles. The predicted molar refractivity (Wildman–Crippen MR) is 94.5 cm³/mol.